The van der Waals surface area contributed by atoms with Crippen LogP contribution < -0.4 is 10.6 Å². The molecule has 0 bridgehead atoms. The Hall–Kier alpha value is -1.35. The summed E-state index contributed by atoms with van der Waals surface area (Å²) >= 11 is 0. The number of benzene rings is 1. The number of rotatable bonds is 3. The first-order valence-electron chi connectivity index (χ1n) is 6.19. The van der Waals surface area contributed by atoms with E-state index >= 15 is 0 Å². The molecule has 2 N–H and O–H groups in total. The highest BCUT2D eigenvalue weighted by Gasteiger charge is 2.25. The van der Waals surface area contributed by atoms with Crippen molar-refractivity contribution >= 4 is 11.6 Å². The molecule has 1 heterocycles. The number of carbonyl (C=O) groups excluding carboxylic acids is 1. The molecular formula is C14H20N2O. The van der Waals surface area contributed by atoms with Crippen LogP contribution in [0, 0.1) is 5.92 Å². The molecule has 1 amide bonds. The topological polar surface area (TPSA) is 46.3 Å². The predicted octanol–water partition coefficient (Wildman–Crippen LogP) is 2.25. The molecule has 0 spiro atoms. The number of nitrogens with two attached hydrogens (primary N) is 1. The van der Waals surface area contributed by atoms with Crippen molar-refractivity contribution in [1.82, 2.24) is 0 Å². The molecule has 92 valence electrons. The van der Waals surface area contributed by atoms with E-state index in [2.05, 4.69) is 19.9 Å². The first-order valence-corrected chi connectivity index (χ1v) is 6.19. The van der Waals surface area contributed by atoms with Gasteiger partial charge in [0.2, 0.25) is 5.91 Å². The summed E-state index contributed by atoms with van der Waals surface area (Å²) < 4.78 is 0. The molecule has 2 rings (SSSR count). The van der Waals surface area contributed by atoms with E-state index in [0.29, 0.717) is 12.3 Å². The van der Waals surface area contributed by atoms with E-state index in [1.807, 2.05) is 19.2 Å². The van der Waals surface area contributed by atoms with Crippen molar-refractivity contribution in [2.45, 2.75) is 32.7 Å². The van der Waals surface area contributed by atoms with E-state index in [-0.39, 0.29) is 11.9 Å². The van der Waals surface area contributed by atoms with Gasteiger partial charge in [0.05, 0.1) is 6.42 Å². The van der Waals surface area contributed by atoms with Gasteiger partial charge in [0.1, 0.15) is 0 Å². The molecule has 3 heteroatoms. The highest BCUT2D eigenvalue weighted by atomic mass is 16.2. The molecule has 17 heavy (non-hydrogen) atoms. The molecule has 0 saturated carbocycles. The van der Waals surface area contributed by atoms with Crippen LogP contribution in [0.4, 0.5) is 5.69 Å². The Kier molecular flexibility index (Phi) is 3.20. The van der Waals surface area contributed by atoms with Gasteiger partial charge < -0.3 is 10.6 Å². The maximum absolute atomic E-state index is 11.6. The quantitative estimate of drug-likeness (QED) is 0.868. The number of amides is 1. The Morgan fingerprint density at radius 2 is 2.18 bits per heavy atom. The summed E-state index contributed by atoms with van der Waals surface area (Å²) in [5, 5.41) is 0. The van der Waals surface area contributed by atoms with Crippen molar-refractivity contribution < 1.29 is 4.79 Å². The number of carbonyl (C=O) groups is 1. The summed E-state index contributed by atoms with van der Waals surface area (Å²) in [5.41, 5.74) is 9.48. The van der Waals surface area contributed by atoms with Gasteiger partial charge in [-0.3, -0.25) is 4.79 Å². The van der Waals surface area contributed by atoms with Gasteiger partial charge in [-0.05, 0) is 23.1 Å². The van der Waals surface area contributed by atoms with Gasteiger partial charge in [0, 0.05) is 18.8 Å². The molecule has 3 nitrogen and oxygen atoms in total. The van der Waals surface area contributed by atoms with Crippen molar-refractivity contribution in [1.29, 1.82) is 0 Å². The monoisotopic (exact) mass is 232 g/mol. The summed E-state index contributed by atoms with van der Waals surface area (Å²) in [6.45, 7) is 4.31. The Morgan fingerprint density at radius 3 is 2.82 bits per heavy atom. The minimum atomic E-state index is 0.0614. The Morgan fingerprint density at radius 1 is 1.47 bits per heavy atom. The third-order valence-electron chi connectivity index (χ3n) is 3.82. The number of fused-ring (bicyclic) bond motifs is 1. The fourth-order valence-corrected chi connectivity index (χ4v) is 2.28. The first-order chi connectivity index (χ1) is 8.04. The van der Waals surface area contributed by atoms with Crippen LogP contribution in [-0.2, 0) is 11.2 Å². The van der Waals surface area contributed by atoms with Crippen molar-refractivity contribution in [2.75, 3.05) is 11.9 Å². The van der Waals surface area contributed by atoms with Crippen LogP contribution in [0.15, 0.2) is 18.2 Å². The van der Waals surface area contributed by atoms with Gasteiger partial charge in [-0.2, -0.15) is 0 Å². The van der Waals surface area contributed by atoms with Gasteiger partial charge in [0.15, 0.2) is 0 Å². The first kappa shape index (κ1) is 12.1. The second kappa shape index (κ2) is 4.49. The number of nitrogens with zero attached hydrogens (tertiary/aromatic N) is 1. The number of likely N-dealkylation sites (N-methyl/N-ethyl adjacent to an activating group) is 1. The molecule has 0 aliphatic carbocycles. The van der Waals surface area contributed by atoms with Crippen LogP contribution in [0.5, 0.6) is 0 Å². The lowest BCUT2D eigenvalue weighted by molar-refractivity contribution is -0.117. The van der Waals surface area contributed by atoms with E-state index in [9.17, 15) is 4.79 Å². The highest BCUT2D eigenvalue weighted by molar-refractivity contribution is 6.00. The molecule has 2 atom stereocenters. The Bertz CT molecular complexity index is 442. The second-order valence-corrected chi connectivity index (χ2v) is 4.93. The number of hydrogen-bond donors (Lipinski definition) is 1. The smallest absolute Gasteiger partial charge is 0.231 e. The molecule has 0 saturated heterocycles. The zero-order valence-electron chi connectivity index (χ0n) is 10.7. The maximum Gasteiger partial charge on any atom is 0.231 e. The molecule has 1 aromatic rings. The molecule has 1 aromatic carbocycles. The summed E-state index contributed by atoms with van der Waals surface area (Å²) in [7, 11) is 1.82. The predicted molar refractivity (Wildman–Crippen MR) is 69.9 cm³/mol. The standard InChI is InChI=1S/C14H20N2O/c1-4-9(2)14(15)10-5-6-12-11(7-10)8-13(17)16(12)3/h5-7,9,14H,4,8,15H2,1-3H3. The third-order valence-corrected chi connectivity index (χ3v) is 3.82. The number of anilines is 1. The minimum absolute atomic E-state index is 0.0614. The molecule has 0 aromatic heterocycles. The van der Waals surface area contributed by atoms with Gasteiger partial charge >= 0.3 is 0 Å². The second-order valence-electron chi connectivity index (χ2n) is 4.93. The van der Waals surface area contributed by atoms with E-state index in [1.165, 1.54) is 0 Å². The van der Waals surface area contributed by atoms with Crippen LogP contribution in [-0.4, -0.2) is 13.0 Å². The normalized spacial score (nSPS) is 18.1. The SMILES string of the molecule is CCC(C)C(N)c1ccc2c(c1)CC(=O)N2C. The van der Waals surface area contributed by atoms with Crippen LogP contribution in [0.3, 0.4) is 0 Å². The Balaban J connectivity index is 2.30. The summed E-state index contributed by atoms with van der Waals surface area (Å²) in [5.74, 6) is 0.622. The average molecular weight is 232 g/mol. The fraction of sp³-hybridized carbons (Fsp3) is 0.500. The minimum Gasteiger partial charge on any atom is -0.324 e. The largest absolute Gasteiger partial charge is 0.324 e. The van der Waals surface area contributed by atoms with Crippen molar-refractivity contribution in [3.8, 4) is 0 Å². The van der Waals surface area contributed by atoms with Gasteiger partial charge in [-0.1, -0.05) is 32.4 Å². The third kappa shape index (κ3) is 2.07. The van der Waals surface area contributed by atoms with Crippen molar-refractivity contribution in [2.24, 2.45) is 11.7 Å². The van der Waals surface area contributed by atoms with Crippen LogP contribution in [0.25, 0.3) is 0 Å². The molecule has 0 radical (unpaired) electrons. The maximum atomic E-state index is 11.6. The molecule has 1 aliphatic heterocycles. The Labute approximate surface area is 103 Å². The van der Waals surface area contributed by atoms with Crippen LogP contribution in [0.2, 0.25) is 0 Å². The number of hydrogen-bond acceptors (Lipinski definition) is 2. The van der Waals surface area contributed by atoms with Crippen molar-refractivity contribution in [3.63, 3.8) is 0 Å². The lowest BCUT2D eigenvalue weighted by atomic mass is 9.92. The van der Waals surface area contributed by atoms with Gasteiger partial charge in [0.25, 0.3) is 0 Å². The van der Waals surface area contributed by atoms with Crippen LogP contribution in [0.1, 0.15) is 37.4 Å². The molecule has 2 unspecified atom stereocenters. The fourth-order valence-electron chi connectivity index (χ4n) is 2.28. The molecule has 1 aliphatic rings. The van der Waals surface area contributed by atoms with E-state index in [1.54, 1.807) is 4.90 Å². The highest BCUT2D eigenvalue weighted by Crippen LogP contribution is 2.31. The van der Waals surface area contributed by atoms with Crippen LogP contribution >= 0.6 is 0 Å². The zero-order valence-corrected chi connectivity index (χ0v) is 10.7. The summed E-state index contributed by atoms with van der Waals surface area (Å²) in [4.78, 5) is 13.3. The van der Waals surface area contributed by atoms with Gasteiger partial charge in [-0.25, -0.2) is 0 Å². The summed E-state index contributed by atoms with van der Waals surface area (Å²) in [6.07, 6.45) is 1.57. The molecular weight excluding hydrogens is 212 g/mol. The van der Waals surface area contributed by atoms with E-state index < -0.39 is 0 Å². The summed E-state index contributed by atoms with van der Waals surface area (Å²) in [6, 6.07) is 6.21. The van der Waals surface area contributed by atoms with Gasteiger partial charge in [-0.15, -0.1) is 0 Å². The lowest BCUT2D eigenvalue weighted by Gasteiger charge is -2.19. The average Bonchev–Trinajstić information content (AvgIpc) is 2.62. The lowest BCUT2D eigenvalue weighted by Crippen LogP contribution is -2.20. The molecule has 0 fully saturated rings. The zero-order chi connectivity index (χ0) is 12.6. The van der Waals surface area contributed by atoms with E-state index in [4.69, 9.17) is 5.73 Å². The van der Waals surface area contributed by atoms with Crippen molar-refractivity contribution in [3.05, 3.63) is 29.3 Å². The van der Waals surface area contributed by atoms with E-state index in [0.717, 1.165) is 23.2 Å².